The number of carbonyl (C=O) groups is 1. The molecule has 1 heterocycles. The minimum absolute atomic E-state index is 0. The van der Waals surface area contributed by atoms with Crippen molar-refractivity contribution in [3.63, 3.8) is 0 Å². The number of pyridine rings is 1. The van der Waals surface area contributed by atoms with Crippen LogP contribution in [0.25, 0.3) is 0 Å². The number of aromatic nitrogens is 1. The zero-order chi connectivity index (χ0) is 19.5. The summed E-state index contributed by atoms with van der Waals surface area (Å²) in [6.07, 6.45) is 4.20. The predicted molar refractivity (Wildman–Crippen MR) is 124 cm³/mol. The fourth-order valence-corrected chi connectivity index (χ4v) is 2.53. The van der Waals surface area contributed by atoms with E-state index in [1.165, 1.54) is 5.56 Å². The summed E-state index contributed by atoms with van der Waals surface area (Å²) in [5, 5.41) is 9.01. The molecule has 8 heteroatoms. The van der Waals surface area contributed by atoms with E-state index in [4.69, 9.17) is 4.74 Å². The quantitative estimate of drug-likeness (QED) is 0.297. The Labute approximate surface area is 183 Å². The van der Waals surface area contributed by atoms with Crippen molar-refractivity contribution < 1.29 is 9.53 Å². The molecule has 0 spiro atoms. The smallest absolute Gasteiger partial charge is 0.243 e. The van der Waals surface area contributed by atoms with Gasteiger partial charge in [0.25, 0.3) is 0 Å². The summed E-state index contributed by atoms with van der Waals surface area (Å²) < 4.78 is 5.19. The first-order valence-electron chi connectivity index (χ1n) is 8.90. The molecule has 2 aromatic rings. The van der Waals surface area contributed by atoms with Gasteiger partial charge in [0.05, 0.1) is 25.5 Å². The third-order valence-corrected chi connectivity index (χ3v) is 4.14. The zero-order valence-corrected chi connectivity index (χ0v) is 18.8. The van der Waals surface area contributed by atoms with Gasteiger partial charge in [-0.25, -0.2) is 0 Å². The summed E-state index contributed by atoms with van der Waals surface area (Å²) in [5.41, 5.74) is 1.93. The number of ether oxygens (including phenoxy) is 1. The fraction of sp³-hybridized carbons (Fsp3) is 0.350. The maximum Gasteiger partial charge on any atom is 0.243 e. The molecule has 7 nitrogen and oxygen atoms in total. The highest BCUT2D eigenvalue weighted by atomic mass is 127. The normalized spacial score (nSPS) is 11.8. The number of guanidine groups is 1. The number of amides is 1. The highest BCUT2D eigenvalue weighted by Crippen LogP contribution is 2.21. The van der Waals surface area contributed by atoms with Crippen molar-refractivity contribution in [2.24, 2.45) is 4.99 Å². The van der Waals surface area contributed by atoms with Gasteiger partial charge in [0.2, 0.25) is 5.91 Å². The van der Waals surface area contributed by atoms with Crippen molar-refractivity contribution >= 4 is 41.5 Å². The molecule has 28 heavy (non-hydrogen) atoms. The molecule has 3 N–H and O–H groups in total. The standard InChI is InChI=1S/C20H27N5O2.HI/c1-15(16-6-8-18(27-3)9-7-16)10-12-23-20(21-2)24-14-19(26)25-17-5-4-11-22-13-17;/h4-9,11,13,15H,10,12,14H2,1-3H3,(H,25,26)(H2,21,23,24);1H. The molecule has 152 valence electrons. The predicted octanol–water partition coefficient (Wildman–Crippen LogP) is 3.01. The van der Waals surface area contributed by atoms with E-state index in [-0.39, 0.29) is 36.4 Å². The van der Waals surface area contributed by atoms with Crippen LogP contribution >= 0.6 is 24.0 Å². The van der Waals surface area contributed by atoms with Gasteiger partial charge in [-0.1, -0.05) is 19.1 Å². The lowest BCUT2D eigenvalue weighted by molar-refractivity contribution is -0.115. The summed E-state index contributed by atoms with van der Waals surface area (Å²) in [5.74, 6) is 1.70. The van der Waals surface area contributed by atoms with E-state index in [2.05, 4.69) is 45.0 Å². The van der Waals surface area contributed by atoms with Gasteiger partial charge < -0.3 is 20.7 Å². The minimum Gasteiger partial charge on any atom is -0.497 e. The Morgan fingerprint density at radius 3 is 2.57 bits per heavy atom. The third kappa shape index (κ3) is 8.12. The molecule has 0 aliphatic rings. The van der Waals surface area contributed by atoms with Crippen molar-refractivity contribution in [1.29, 1.82) is 0 Å². The second-order valence-corrected chi connectivity index (χ2v) is 6.11. The molecule has 0 fully saturated rings. The van der Waals surface area contributed by atoms with E-state index >= 15 is 0 Å². The average Bonchev–Trinajstić information content (AvgIpc) is 2.71. The number of nitrogens with one attached hydrogen (secondary N) is 3. The van der Waals surface area contributed by atoms with Gasteiger partial charge in [-0.15, -0.1) is 24.0 Å². The van der Waals surface area contributed by atoms with Gasteiger partial charge >= 0.3 is 0 Å². The molecule has 1 aromatic carbocycles. The first-order chi connectivity index (χ1) is 13.1. The third-order valence-electron chi connectivity index (χ3n) is 4.14. The summed E-state index contributed by atoms with van der Waals surface area (Å²) in [4.78, 5) is 20.1. The van der Waals surface area contributed by atoms with Crippen LogP contribution in [0.3, 0.4) is 0 Å². The van der Waals surface area contributed by atoms with Crippen molar-refractivity contribution in [2.75, 3.05) is 32.6 Å². The Morgan fingerprint density at radius 1 is 1.21 bits per heavy atom. The minimum atomic E-state index is -0.155. The van der Waals surface area contributed by atoms with Crippen LogP contribution < -0.4 is 20.7 Å². The van der Waals surface area contributed by atoms with Gasteiger partial charge in [-0.2, -0.15) is 0 Å². The Balaban J connectivity index is 0.00000392. The van der Waals surface area contributed by atoms with Crippen molar-refractivity contribution in [2.45, 2.75) is 19.3 Å². The van der Waals surface area contributed by atoms with Crippen LogP contribution in [0.5, 0.6) is 5.75 Å². The van der Waals surface area contributed by atoms with Crippen LogP contribution in [-0.2, 0) is 4.79 Å². The average molecular weight is 497 g/mol. The van der Waals surface area contributed by atoms with Crippen molar-refractivity contribution in [1.82, 2.24) is 15.6 Å². The fourth-order valence-electron chi connectivity index (χ4n) is 2.53. The van der Waals surface area contributed by atoms with E-state index in [1.54, 1.807) is 38.7 Å². The lowest BCUT2D eigenvalue weighted by atomic mass is 9.98. The van der Waals surface area contributed by atoms with Gasteiger partial charge in [-0.3, -0.25) is 14.8 Å². The summed E-state index contributed by atoms with van der Waals surface area (Å²) >= 11 is 0. The van der Waals surface area contributed by atoms with Gasteiger partial charge in [-0.05, 0) is 42.2 Å². The largest absolute Gasteiger partial charge is 0.497 e. The number of nitrogens with zero attached hydrogens (tertiary/aromatic N) is 2. The molecule has 1 aromatic heterocycles. The topological polar surface area (TPSA) is 87.6 Å². The van der Waals surface area contributed by atoms with Crippen LogP contribution in [0.1, 0.15) is 24.8 Å². The number of halogens is 1. The molecule has 0 saturated carbocycles. The highest BCUT2D eigenvalue weighted by Gasteiger charge is 2.07. The number of anilines is 1. The summed E-state index contributed by atoms with van der Waals surface area (Å²) in [6.45, 7) is 3.06. The summed E-state index contributed by atoms with van der Waals surface area (Å²) in [7, 11) is 3.35. The molecule has 0 saturated heterocycles. The molecule has 1 amide bonds. The number of hydrogen-bond donors (Lipinski definition) is 3. The Morgan fingerprint density at radius 2 is 1.96 bits per heavy atom. The van der Waals surface area contributed by atoms with Gasteiger partial charge in [0, 0.05) is 19.8 Å². The summed E-state index contributed by atoms with van der Waals surface area (Å²) in [6, 6.07) is 11.7. The zero-order valence-electron chi connectivity index (χ0n) is 16.4. The van der Waals surface area contributed by atoms with E-state index < -0.39 is 0 Å². The Kier molecular flexibility index (Phi) is 10.9. The Bertz CT molecular complexity index is 738. The van der Waals surface area contributed by atoms with Crippen LogP contribution in [0.4, 0.5) is 5.69 Å². The number of benzene rings is 1. The first kappa shape index (κ1) is 23.7. The maximum atomic E-state index is 12.0. The van der Waals surface area contributed by atoms with E-state index in [1.807, 2.05) is 12.1 Å². The van der Waals surface area contributed by atoms with Crippen LogP contribution in [0.15, 0.2) is 53.8 Å². The van der Waals surface area contributed by atoms with Gasteiger partial charge in [0.15, 0.2) is 5.96 Å². The van der Waals surface area contributed by atoms with E-state index in [0.717, 1.165) is 18.7 Å². The van der Waals surface area contributed by atoms with E-state index in [0.29, 0.717) is 17.6 Å². The number of rotatable bonds is 8. The maximum absolute atomic E-state index is 12.0. The lowest BCUT2D eigenvalue weighted by Crippen LogP contribution is -2.41. The molecular weight excluding hydrogens is 469 g/mol. The van der Waals surface area contributed by atoms with Crippen molar-refractivity contribution in [3.05, 3.63) is 54.4 Å². The Hall–Kier alpha value is -2.36. The van der Waals surface area contributed by atoms with Crippen LogP contribution in [-0.4, -0.2) is 44.1 Å². The molecule has 0 aliphatic heterocycles. The molecule has 2 rings (SSSR count). The highest BCUT2D eigenvalue weighted by molar-refractivity contribution is 14.0. The second kappa shape index (κ2) is 12.9. The van der Waals surface area contributed by atoms with Crippen molar-refractivity contribution in [3.8, 4) is 5.75 Å². The first-order valence-corrected chi connectivity index (χ1v) is 8.90. The number of hydrogen-bond acceptors (Lipinski definition) is 4. The van der Waals surface area contributed by atoms with Crippen LogP contribution in [0, 0.1) is 0 Å². The number of carbonyl (C=O) groups excluding carboxylic acids is 1. The molecule has 0 bridgehead atoms. The van der Waals surface area contributed by atoms with Crippen LogP contribution in [0.2, 0.25) is 0 Å². The molecule has 0 aliphatic carbocycles. The molecular formula is C20H28IN5O2. The molecule has 0 radical (unpaired) electrons. The molecule has 1 atom stereocenters. The SMILES string of the molecule is CN=C(NCCC(C)c1ccc(OC)cc1)NCC(=O)Nc1cccnc1.I. The second-order valence-electron chi connectivity index (χ2n) is 6.11. The number of aliphatic imine (C=N–C) groups is 1. The monoisotopic (exact) mass is 497 g/mol. The lowest BCUT2D eigenvalue weighted by Gasteiger charge is -2.15. The molecule has 1 unspecified atom stereocenters. The number of methoxy groups -OCH3 is 1. The van der Waals surface area contributed by atoms with E-state index in [9.17, 15) is 4.79 Å². The van der Waals surface area contributed by atoms with Gasteiger partial charge in [0.1, 0.15) is 5.75 Å².